The smallest absolute Gasteiger partial charge is 0.316 e. The van der Waals surface area contributed by atoms with Crippen molar-refractivity contribution in [3.8, 4) is 5.75 Å². The summed E-state index contributed by atoms with van der Waals surface area (Å²) in [5.74, 6) is -0.0121. The molecule has 2 aromatic carbocycles. The molecule has 146 valence electrons. The maximum atomic E-state index is 13.7. The first-order chi connectivity index (χ1) is 13.4. The minimum absolute atomic E-state index is 0.0968. The molecule has 0 unspecified atom stereocenters. The standard InChI is InChI=1S/C20H18BrClFN3O2/c1-3-13-8-14(21)4-5-17(13)24-20-25-19(27)18(28-2)11-26(20)10-12-6-15(22)9-16(23)7-12/h4-9,11H,3,10H2,1-2H3,(H,24,25,27). The maximum Gasteiger partial charge on any atom is 0.316 e. The lowest BCUT2D eigenvalue weighted by atomic mass is 10.1. The zero-order valence-electron chi connectivity index (χ0n) is 15.3. The molecule has 0 saturated carbocycles. The van der Waals surface area contributed by atoms with Crippen LogP contribution in [-0.4, -0.2) is 16.7 Å². The second-order valence-corrected chi connectivity index (χ2v) is 7.48. The van der Waals surface area contributed by atoms with E-state index < -0.39 is 11.4 Å². The van der Waals surface area contributed by atoms with Gasteiger partial charge in [0, 0.05) is 15.2 Å². The Balaban J connectivity index is 2.05. The number of nitrogens with one attached hydrogen (secondary N) is 1. The molecule has 0 spiro atoms. The van der Waals surface area contributed by atoms with Gasteiger partial charge < -0.3 is 14.6 Å². The predicted molar refractivity (Wildman–Crippen MR) is 112 cm³/mol. The lowest BCUT2D eigenvalue weighted by Crippen LogP contribution is -2.19. The molecule has 0 radical (unpaired) electrons. The van der Waals surface area contributed by atoms with Crippen LogP contribution in [0.3, 0.4) is 0 Å². The molecule has 0 amide bonds. The second-order valence-electron chi connectivity index (χ2n) is 6.12. The molecule has 3 aromatic rings. The van der Waals surface area contributed by atoms with Crippen LogP contribution in [0.1, 0.15) is 18.1 Å². The van der Waals surface area contributed by atoms with Gasteiger partial charge in [-0.1, -0.05) is 34.5 Å². The van der Waals surface area contributed by atoms with E-state index in [9.17, 15) is 9.18 Å². The maximum absolute atomic E-state index is 13.7. The number of halogens is 3. The third kappa shape index (κ3) is 4.72. The summed E-state index contributed by atoms with van der Waals surface area (Å²) in [7, 11) is 1.40. The number of hydrogen-bond acceptors (Lipinski definition) is 4. The van der Waals surface area contributed by atoms with E-state index in [4.69, 9.17) is 16.3 Å². The quantitative estimate of drug-likeness (QED) is 0.545. The van der Waals surface area contributed by atoms with Crippen LogP contribution in [0.4, 0.5) is 16.0 Å². The topological polar surface area (TPSA) is 56.1 Å². The Morgan fingerprint density at radius 1 is 1.29 bits per heavy atom. The molecule has 5 nitrogen and oxygen atoms in total. The van der Waals surface area contributed by atoms with E-state index in [1.165, 1.54) is 19.2 Å². The molecular formula is C20H18BrClFN3O2. The van der Waals surface area contributed by atoms with Gasteiger partial charge >= 0.3 is 5.56 Å². The highest BCUT2D eigenvalue weighted by atomic mass is 79.9. The van der Waals surface area contributed by atoms with Crippen molar-refractivity contribution in [2.24, 2.45) is 0 Å². The van der Waals surface area contributed by atoms with Gasteiger partial charge in [-0.15, -0.1) is 0 Å². The Hall–Kier alpha value is -2.38. The van der Waals surface area contributed by atoms with Crippen LogP contribution in [0.2, 0.25) is 5.02 Å². The summed E-state index contributed by atoms with van der Waals surface area (Å²) >= 11 is 9.43. The molecular weight excluding hydrogens is 449 g/mol. The van der Waals surface area contributed by atoms with Crippen molar-refractivity contribution < 1.29 is 9.13 Å². The van der Waals surface area contributed by atoms with Crippen molar-refractivity contribution in [3.05, 3.63) is 79.4 Å². The lowest BCUT2D eigenvalue weighted by Gasteiger charge is -2.17. The number of ether oxygens (including phenoxy) is 1. The van der Waals surface area contributed by atoms with Crippen LogP contribution in [0.15, 0.2) is 51.9 Å². The number of aryl methyl sites for hydroxylation is 1. The summed E-state index contributed by atoms with van der Waals surface area (Å²) in [6, 6.07) is 10.1. The van der Waals surface area contributed by atoms with Crippen molar-refractivity contribution in [1.82, 2.24) is 9.55 Å². The van der Waals surface area contributed by atoms with Gasteiger partial charge in [0.2, 0.25) is 11.7 Å². The van der Waals surface area contributed by atoms with Crippen molar-refractivity contribution in [1.29, 1.82) is 0 Å². The second kappa shape index (κ2) is 8.75. The van der Waals surface area contributed by atoms with Gasteiger partial charge in [-0.25, -0.2) is 4.39 Å². The molecule has 0 bridgehead atoms. The van der Waals surface area contributed by atoms with E-state index >= 15 is 0 Å². The Labute approximate surface area is 175 Å². The molecule has 0 aliphatic rings. The predicted octanol–water partition coefficient (Wildman–Crippen LogP) is 5.16. The van der Waals surface area contributed by atoms with Crippen LogP contribution >= 0.6 is 27.5 Å². The highest BCUT2D eigenvalue weighted by Gasteiger charge is 2.12. The fourth-order valence-electron chi connectivity index (χ4n) is 2.83. The zero-order chi connectivity index (χ0) is 20.3. The molecule has 3 rings (SSSR count). The van der Waals surface area contributed by atoms with Crippen LogP contribution < -0.4 is 15.6 Å². The van der Waals surface area contributed by atoms with Crippen molar-refractivity contribution >= 4 is 39.2 Å². The van der Waals surface area contributed by atoms with Gasteiger partial charge in [-0.2, -0.15) is 4.98 Å². The highest BCUT2D eigenvalue weighted by Crippen LogP contribution is 2.25. The summed E-state index contributed by atoms with van der Waals surface area (Å²) in [4.78, 5) is 16.3. The van der Waals surface area contributed by atoms with Crippen LogP contribution in [0.25, 0.3) is 0 Å². The number of benzene rings is 2. The van der Waals surface area contributed by atoms with Crippen molar-refractivity contribution in [2.75, 3.05) is 12.4 Å². The van der Waals surface area contributed by atoms with E-state index in [1.54, 1.807) is 16.8 Å². The minimum Gasteiger partial charge on any atom is -0.490 e. The molecule has 0 aliphatic heterocycles. The SMILES string of the molecule is CCc1cc(Br)ccc1Nc1nc(=O)c(OC)cn1Cc1cc(F)cc(Cl)c1. The minimum atomic E-state index is -0.492. The normalized spacial score (nSPS) is 10.8. The van der Waals surface area contributed by atoms with Gasteiger partial charge in [-0.3, -0.25) is 4.79 Å². The first-order valence-corrected chi connectivity index (χ1v) is 9.72. The largest absolute Gasteiger partial charge is 0.490 e. The van der Waals surface area contributed by atoms with E-state index in [0.29, 0.717) is 16.5 Å². The average Bonchev–Trinajstić information content (AvgIpc) is 2.64. The van der Waals surface area contributed by atoms with Gasteiger partial charge in [0.25, 0.3) is 0 Å². The Bertz CT molecular complexity index is 1050. The van der Waals surface area contributed by atoms with Crippen molar-refractivity contribution in [2.45, 2.75) is 19.9 Å². The number of hydrogen-bond donors (Lipinski definition) is 1. The molecule has 1 N–H and O–H groups in total. The molecule has 0 aliphatic carbocycles. The van der Waals surface area contributed by atoms with Crippen LogP contribution in [-0.2, 0) is 13.0 Å². The number of anilines is 2. The third-order valence-electron chi connectivity index (χ3n) is 4.15. The van der Waals surface area contributed by atoms with E-state index in [1.807, 2.05) is 25.1 Å². The van der Waals surface area contributed by atoms with E-state index in [0.717, 1.165) is 22.1 Å². The monoisotopic (exact) mass is 465 g/mol. The molecule has 0 atom stereocenters. The molecule has 8 heteroatoms. The fraction of sp³-hybridized carbons (Fsp3) is 0.200. The number of aromatic nitrogens is 2. The summed E-state index contributed by atoms with van der Waals surface area (Å²) < 4.78 is 21.5. The summed E-state index contributed by atoms with van der Waals surface area (Å²) in [5.41, 5.74) is 2.02. The fourth-order valence-corrected chi connectivity index (χ4v) is 3.48. The van der Waals surface area contributed by atoms with Gasteiger partial charge in [0.1, 0.15) is 5.82 Å². The molecule has 0 fully saturated rings. The Morgan fingerprint density at radius 2 is 2.07 bits per heavy atom. The first kappa shape index (κ1) is 20.4. The van der Waals surface area contributed by atoms with Gasteiger partial charge in [-0.05, 0) is 53.9 Å². The summed E-state index contributed by atoms with van der Waals surface area (Å²) in [5, 5.41) is 3.51. The van der Waals surface area contributed by atoms with E-state index in [-0.39, 0.29) is 12.3 Å². The zero-order valence-corrected chi connectivity index (χ0v) is 17.6. The highest BCUT2D eigenvalue weighted by molar-refractivity contribution is 9.10. The number of methoxy groups -OCH3 is 1. The average molecular weight is 467 g/mol. The number of rotatable bonds is 6. The molecule has 1 heterocycles. The first-order valence-electron chi connectivity index (χ1n) is 8.55. The molecule has 28 heavy (non-hydrogen) atoms. The molecule has 0 saturated heterocycles. The summed E-state index contributed by atoms with van der Waals surface area (Å²) in [6.45, 7) is 2.29. The van der Waals surface area contributed by atoms with Crippen LogP contribution in [0.5, 0.6) is 5.75 Å². The van der Waals surface area contributed by atoms with Crippen LogP contribution in [0, 0.1) is 5.82 Å². The Kier molecular flexibility index (Phi) is 6.36. The van der Waals surface area contributed by atoms with Gasteiger partial charge in [0.05, 0.1) is 19.9 Å². The third-order valence-corrected chi connectivity index (χ3v) is 4.86. The lowest BCUT2D eigenvalue weighted by molar-refractivity contribution is 0.402. The van der Waals surface area contributed by atoms with Crippen molar-refractivity contribution in [3.63, 3.8) is 0 Å². The van der Waals surface area contributed by atoms with E-state index in [2.05, 4.69) is 26.2 Å². The molecule has 1 aromatic heterocycles. The van der Waals surface area contributed by atoms with Gasteiger partial charge in [0.15, 0.2) is 0 Å². The summed E-state index contributed by atoms with van der Waals surface area (Å²) in [6.07, 6.45) is 2.34. The Morgan fingerprint density at radius 3 is 2.75 bits per heavy atom. The number of nitrogens with zero attached hydrogens (tertiary/aromatic N) is 2.